The summed E-state index contributed by atoms with van der Waals surface area (Å²) in [6, 6.07) is 3.87. The van der Waals surface area contributed by atoms with Crippen LogP contribution in [0.1, 0.15) is 50.1 Å². The molecule has 5 heteroatoms. The van der Waals surface area contributed by atoms with E-state index in [1.54, 1.807) is 0 Å². The van der Waals surface area contributed by atoms with Crippen molar-refractivity contribution in [2.24, 2.45) is 0 Å². The van der Waals surface area contributed by atoms with Crippen LogP contribution in [0.5, 0.6) is 0 Å². The molecule has 0 aliphatic rings. The van der Waals surface area contributed by atoms with Gasteiger partial charge in [0.2, 0.25) is 0 Å². The highest BCUT2D eigenvalue weighted by Gasteiger charge is 2.20. The SMILES string of the molecule is CCN(CC)C(=O)c1ccc(-c2c[nH]c(C(C)(C)C)n2)s1. The summed E-state index contributed by atoms with van der Waals surface area (Å²) in [6.45, 7) is 11.8. The molecule has 0 aromatic carbocycles. The predicted molar refractivity (Wildman–Crippen MR) is 87.9 cm³/mol. The van der Waals surface area contributed by atoms with Crippen molar-refractivity contribution in [3.8, 4) is 10.6 Å². The molecule has 1 amide bonds. The Labute approximate surface area is 130 Å². The molecular formula is C16H23N3OS. The smallest absolute Gasteiger partial charge is 0.263 e. The molecule has 114 valence electrons. The van der Waals surface area contributed by atoms with Gasteiger partial charge in [0, 0.05) is 24.7 Å². The number of rotatable bonds is 4. The molecule has 0 bridgehead atoms. The largest absolute Gasteiger partial charge is 0.347 e. The third-order valence-electron chi connectivity index (χ3n) is 3.41. The van der Waals surface area contributed by atoms with Gasteiger partial charge in [-0.15, -0.1) is 11.3 Å². The Bertz CT molecular complexity index is 618. The van der Waals surface area contributed by atoms with E-state index in [4.69, 9.17) is 0 Å². The zero-order valence-electron chi connectivity index (χ0n) is 13.4. The number of carbonyl (C=O) groups is 1. The van der Waals surface area contributed by atoms with E-state index in [9.17, 15) is 4.79 Å². The summed E-state index contributed by atoms with van der Waals surface area (Å²) in [4.78, 5) is 23.8. The van der Waals surface area contributed by atoms with Crippen molar-refractivity contribution in [3.05, 3.63) is 29.0 Å². The Morgan fingerprint density at radius 2 is 1.95 bits per heavy atom. The van der Waals surface area contributed by atoms with E-state index < -0.39 is 0 Å². The molecule has 2 heterocycles. The summed E-state index contributed by atoms with van der Waals surface area (Å²) in [5, 5.41) is 0. The number of amides is 1. The molecule has 0 unspecified atom stereocenters. The number of carbonyl (C=O) groups excluding carboxylic acids is 1. The number of thiophene rings is 1. The first-order valence-corrected chi connectivity index (χ1v) is 8.13. The quantitative estimate of drug-likeness (QED) is 0.930. The molecule has 0 aliphatic carbocycles. The average molecular weight is 305 g/mol. The zero-order chi connectivity index (χ0) is 15.6. The summed E-state index contributed by atoms with van der Waals surface area (Å²) < 4.78 is 0. The van der Waals surface area contributed by atoms with Crippen LogP contribution in [-0.2, 0) is 5.41 Å². The van der Waals surface area contributed by atoms with Crippen molar-refractivity contribution in [1.82, 2.24) is 14.9 Å². The van der Waals surface area contributed by atoms with Crippen LogP contribution >= 0.6 is 11.3 Å². The molecular weight excluding hydrogens is 282 g/mol. The molecule has 0 saturated heterocycles. The summed E-state index contributed by atoms with van der Waals surface area (Å²) >= 11 is 1.50. The van der Waals surface area contributed by atoms with Gasteiger partial charge >= 0.3 is 0 Å². The van der Waals surface area contributed by atoms with Crippen molar-refractivity contribution < 1.29 is 4.79 Å². The topological polar surface area (TPSA) is 49.0 Å². The van der Waals surface area contributed by atoms with Gasteiger partial charge in [0.05, 0.1) is 15.4 Å². The van der Waals surface area contributed by atoms with Gasteiger partial charge in [0.25, 0.3) is 5.91 Å². The van der Waals surface area contributed by atoms with Crippen molar-refractivity contribution in [3.63, 3.8) is 0 Å². The van der Waals surface area contributed by atoms with Crippen LogP contribution in [-0.4, -0.2) is 33.9 Å². The van der Waals surface area contributed by atoms with Crippen LogP contribution in [0.2, 0.25) is 0 Å². The van der Waals surface area contributed by atoms with E-state index >= 15 is 0 Å². The molecule has 1 N–H and O–H groups in total. The highest BCUT2D eigenvalue weighted by atomic mass is 32.1. The second-order valence-corrected chi connectivity index (χ2v) is 7.11. The highest BCUT2D eigenvalue weighted by molar-refractivity contribution is 7.17. The highest BCUT2D eigenvalue weighted by Crippen LogP contribution is 2.29. The second kappa shape index (κ2) is 6.02. The summed E-state index contributed by atoms with van der Waals surface area (Å²) in [7, 11) is 0. The third-order valence-corrected chi connectivity index (χ3v) is 4.50. The van der Waals surface area contributed by atoms with E-state index in [0.717, 1.165) is 34.4 Å². The van der Waals surface area contributed by atoms with Crippen molar-refractivity contribution in [1.29, 1.82) is 0 Å². The number of imidazole rings is 1. The van der Waals surface area contributed by atoms with Crippen LogP contribution < -0.4 is 0 Å². The van der Waals surface area contributed by atoms with E-state index in [-0.39, 0.29) is 11.3 Å². The Hall–Kier alpha value is -1.62. The number of aromatic nitrogens is 2. The van der Waals surface area contributed by atoms with Crippen LogP contribution in [0, 0.1) is 0 Å². The Morgan fingerprint density at radius 3 is 2.48 bits per heavy atom. The normalized spacial score (nSPS) is 11.7. The van der Waals surface area contributed by atoms with Crippen molar-refractivity contribution >= 4 is 17.2 Å². The summed E-state index contributed by atoms with van der Waals surface area (Å²) in [5.74, 6) is 1.06. The van der Waals surface area contributed by atoms with Crippen LogP contribution in [0.4, 0.5) is 0 Å². The van der Waals surface area contributed by atoms with Gasteiger partial charge in [-0.25, -0.2) is 4.98 Å². The predicted octanol–water partition coefficient (Wildman–Crippen LogP) is 3.92. The minimum Gasteiger partial charge on any atom is -0.347 e. The van der Waals surface area contributed by atoms with E-state index in [2.05, 4.69) is 30.7 Å². The Kier molecular flexibility index (Phi) is 4.52. The second-order valence-electron chi connectivity index (χ2n) is 6.03. The molecule has 21 heavy (non-hydrogen) atoms. The van der Waals surface area contributed by atoms with Gasteiger partial charge < -0.3 is 9.88 Å². The molecule has 2 rings (SSSR count). The Balaban J connectivity index is 2.24. The minimum absolute atomic E-state index is 0.00458. The number of aromatic amines is 1. The van der Waals surface area contributed by atoms with Crippen molar-refractivity contribution in [2.45, 2.75) is 40.0 Å². The lowest BCUT2D eigenvalue weighted by atomic mass is 9.96. The van der Waals surface area contributed by atoms with Crippen LogP contribution in [0.3, 0.4) is 0 Å². The van der Waals surface area contributed by atoms with Gasteiger partial charge in [-0.1, -0.05) is 20.8 Å². The standard InChI is InChI=1S/C16H23N3OS/c1-6-19(7-2)14(20)13-9-8-12(21-13)11-10-17-15(18-11)16(3,4)5/h8-10H,6-7H2,1-5H3,(H,17,18). The fourth-order valence-electron chi connectivity index (χ4n) is 2.09. The number of nitrogens with one attached hydrogen (secondary N) is 1. The molecule has 0 radical (unpaired) electrons. The summed E-state index contributed by atoms with van der Waals surface area (Å²) in [6.07, 6.45) is 1.91. The number of H-pyrrole nitrogens is 1. The van der Waals surface area contributed by atoms with E-state index in [1.807, 2.05) is 37.1 Å². The lowest BCUT2D eigenvalue weighted by Gasteiger charge is -2.17. The monoisotopic (exact) mass is 305 g/mol. The maximum Gasteiger partial charge on any atom is 0.263 e. The molecule has 0 atom stereocenters. The molecule has 0 saturated carbocycles. The first-order chi connectivity index (χ1) is 9.86. The molecule has 0 aliphatic heterocycles. The van der Waals surface area contributed by atoms with Crippen LogP contribution in [0.15, 0.2) is 18.3 Å². The van der Waals surface area contributed by atoms with Crippen LogP contribution in [0.25, 0.3) is 10.6 Å². The first-order valence-electron chi connectivity index (χ1n) is 7.32. The van der Waals surface area contributed by atoms with Gasteiger partial charge in [-0.3, -0.25) is 4.79 Å². The maximum atomic E-state index is 12.3. The average Bonchev–Trinajstić information content (AvgIpc) is 3.08. The summed E-state index contributed by atoms with van der Waals surface area (Å²) in [5.41, 5.74) is 0.901. The number of hydrogen-bond donors (Lipinski definition) is 1. The van der Waals surface area contributed by atoms with Crippen molar-refractivity contribution in [2.75, 3.05) is 13.1 Å². The van der Waals surface area contributed by atoms with Gasteiger partial charge in [-0.2, -0.15) is 0 Å². The maximum absolute atomic E-state index is 12.3. The fraction of sp³-hybridized carbons (Fsp3) is 0.500. The number of nitrogens with zero attached hydrogens (tertiary/aromatic N) is 2. The molecule has 0 spiro atoms. The molecule has 0 fully saturated rings. The van der Waals surface area contributed by atoms with Gasteiger partial charge in [0.1, 0.15) is 5.82 Å². The van der Waals surface area contributed by atoms with Gasteiger partial charge in [0.15, 0.2) is 0 Å². The first kappa shape index (κ1) is 15.8. The van der Waals surface area contributed by atoms with E-state index in [1.165, 1.54) is 11.3 Å². The zero-order valence-corrected chi connectivity index (χ0v) is 14.2. The van der Waals surface area contributed by atoms with E-state index in [0.29, 0.717) is 0 Å². The Morgan fingerprint density at radius 1 is 1.29 bits per heavy atom. The van der Waals surface area contributed by atoms with Gasteiger partial charge in [-0.05, 0) is 26.0 Å². The fourth-order valence-corrected chi connectivity index (χ4v) is 3.02. The number of hydrogen-bond acceptors (Lipinski definition) is 3. The lowest BCUT2D eigenvalue weighted by Crippen LogP contribution is -2.29. The molecule has 2 aromatic heterocycles. The third kappa shape index (κ3) is 3.35. The lowest BCUT2D eigenvalue weighted by molar-refractivity contribution is 0.0778. The molecule has 4 nitrogen and oxygen atoms in total. The molecule has 2 aromatic rings. The minimum atomic E-state index is -0.00458.